The zero-order valence-electron chi connectivity index (χ0n) is 6.66. The van der Waals surface area contributed by atoms with Crippen LogP contribution in [0, 0.1) is 0 Å². The standard InChI is InChI=1S/C7H13NO2S/c1-5(4-11)3-6(2)8-7(9)10/h3,6,8,11H,4H2,1-2H3,(H,9,10)/b5-3+. The molecule has 0 fully saturated rings. The van der Waals surface area contributed by atoms with Crippen molar-refractivity contribution in [3.05, 3.63) is 11.6 Å². The van der Waals surface area contributed by atoms with E-state index in [-0.39, 0.29) is 6.04 Å². The van der Waals surface area contributed by atoms with E-state index in [9.17, 15) is 4.79 Å². The minimum atomic E-state index is -0.999. The van der Waals surface area contributed by atoms with Crippen LogP contribution in [0.25, 0.3) is 0 Å². The van der Waals surface area contributed by atoms with E-state index in [0.717, 1.165) is 5.57 Å². The quantitative estimate of drug-likeness (QED) is 0.450. The fraction of sp³-hybridized carbons (Fsp3) is 0.571. The highest BCUT2D eigenvalue weighted by Gasteiger charge is 2.00. The summed E-state index contributed by atoms with van der Waals surface area (Å²) in [6.45, 7) is 3.69. The van der Waals surface area contributed by atoms with E-state index in [0.29, 0.717) is 5.75 Å². The first-order valence-corrected chi connectivity index (χ1v) is 3.97. The van der Waals surface area contributed by atoms with Gasteiger partial charge in [0.1, 0.15) is 0 Å². The molecular formula is C7H13NO2S. The van der Waals surface area contributed by atoms with Crippen molar-refractivity contribution in [3.8, 4) is 0 Å². The summed E-state index contributed by atoms with van der Waals surface area (Å²) < 4.78 is 0. The molecule has 11 heavy (non-hydrogen) atoms. The van der Waals surface area contributed by atoms with Crippen molar-refractivity contribution < 1.29 is 9.90 Å². The van der Waals surface area contributed by atoms with Gasteiger partial charge in [-0.2, -0.15) is 12.6 Å². The Balaban J connectivity index is 3.85. The van der Waals surface area contributed by atoms with E-state index >= 15 is 0 Å². The van der Waals surface area contributed by atoms with Gasteiger partial charge in [-0.05, 0) is 13.8 Å². The second kappa shape index (κ2) is 5.07. The molecule has 0 aliphatic rings. The van der Waals surface area contributed by atoms with Gasteiger partial charge in [0.25, 0.3) is 0 Å². The highest BCUT2D eigenvalue weighted by Crippen LogP contribution is 1.97. The Labute approximate surface area is 71.9 Å². The molecule has 0 saturated carbocycles. The molecule has 2 N–H and O–H groups in total. The van der Waals surface area contributed by atoms with Crippen LogP contribution in [0.4, 0.5) is 4.79 Å². The zero-order valence-corrected chi connectivity index (χ0v) is 7.56. The molecule has 0 radical (unpaired) electrons. The number of hydrogen-bond acceptors (Lipinski definition) is 2. The fourth-order valence-corrected chi connectivity index (χ4v) is 0.821. The third-order valence-corrected chi connectivity index (χ3v) is 1.63. The van der Waals surface area contributed by atoms with Gasteiger partial charge in [-0.25, -0.2) is 4.79 Å². The summed E-state index contributed by atoms with van der Waals surface area (Å²) in [5, 5.41) is 10.6. The van der Waals surface area contributed by atoms with Crippen molar-refractivity contribution in [2.75, 3.05) is 5.75 Å². The molecule has 0 aliphatic heterocycles. The molecule has 0 bridgehead atoms. The van der Waals surface area contributed by atoms with E-state index in [2.05, 4.69) is 17.9 Å². The molecule has 0 rings (SSSR count). The van der Waals surface area contributed by atoms with Crippen molar-refractivity contribution >= 4 is 18.7 Å². The molecule has 0 aromatic carbocycles. The first-order valence-electron chi connectivity index (χ1n) is 3.34. The lowest BCUT2D eigenvalue weighted by Crippen LogP contribution is -2.29. The van der Waals surface area contributed by atoms with Gasteiger partial charge in [0.05, 0.1) is 0 Å². The van der Waals surface area contributed by atoms with E-state index in [1.807, 2.05) is 13.0 Å². The van der Waals surface area contributed by atoms with Crippen LogP contribution in [0.15, 0.2) is 11.6 Å². The van der Waals surface area contributed by atoms with Crippen LogP contribution in [0.1, 0.15) is 13.8 Å². The number of nitrogens with one attached hydrogen (secondary N) is 1. The second-order valence-electron chi connectivity index (χ2n) is 2.41. The van der Waals surface area contributed by atoms with Crippen LogP contribution in [0.2, 0.25) is 0 Å². The summed E-state index contributed by atoms with van der Waals surface area (Å²) in [4.78, 5) is 10.1. The molecule has 4 heteroatoms. The summed E-state index contributed by atoms with van der Waals surface area (Å²) in [6.07, 6.45) is 0.835. The summed E-state index contributed by atoms with van der Waals surface area (Å²) in [5.41, 5.74) is 1.06. The third-order valence-electron chi connectivity index (χ3n) is 1.14. The van der Waals surface area contributed by atoms with Crippen LogP contribution in [0.3, 0.4) is 0 Å². The fourth-order valence-electron chi connectivity index (χ4n) is 0.716. The molecule has 0 saturated heterocycles. The summed E-state index contributed by atoms with van der Waals surface area (Å²) in [6, 6.07) is -0.139. The largest absolute Gasteiger partial charge is 0.465 e. The molecule has 3 nitrogen and oxygen atoms in total. The minimum absolute atomic E-state index is 0.139. The van der Waals surface area contributed by atoms with Gasteiger partial charge in [-0.1, -0.05) is 11.6 Å². The van der Waals surface area contributed by atoms with Gasteiger partial charge < -0.3 is 10.4 Å². The average molecular weight is 175 g/mol. The van der Waals surface area contributed by atoms with Crippen LogP contribution < -0.4 is 5.32 Å². The van der Waals surface area contributed by atoms with E-state index in [4.69, 9.17) is 5.11 Å². The third kappa shape index (κ3) is 5.79. The van der Waals surface area contributed by atoms with Gasteiger partial charge in [0.15, 0.2) is 0 Å². The molecule has 64 valence electrons. The lowest BCUT2D eigenvalue weighted by molar-refractivity contribution is 0.193. The van der Waals surface area contributed by atoms with Gasteiger partial charge >= 0.3 is 6.09 Å². The minimum Gasteiger partial charge on any atom is -0.465 e. The van der Waals surface area contributed by atoms with Crippen LogP contribution in [-0.4, -0.2) is 23.0 Å². The zero-order chi connectivity index (χ0) is 8.85. The first-order chi connectivity index (χ1) is 5.06. The normalized spacial score (nSPS) is 14.3. The Kier molecular flexibility index (Phi) is 4.77. The first kappa shape index (κ1) is 10.4. The van der Waals surface area contributed by atoms with Gasteiger partial charge in [0, 0.05) is 11.8 Å². The van der Waals surface area contributed by atoms with Crippen LogP contribution in [-0.2, 0) is 0 Å². The maximum atomic E-state index is 10.1. The van der Waals surface area contributed by atoms with Gasteiger partial charge in [-0.15, -0.1) is 0 Å². The smallest absolute Gasteiger partial charge is 0.405 e. The Hall–Kier alpha value is -0.640. The number of hydrogen-bond donors (Lipinski definition) is 3. The van der Waals surface area contributed by atoms with Crippen molar-refractivity contribution in [3.63, 3.8) is 0 Å². The van der Waals surface area contributed by atoms with Crippen molar-refractivity contribution in [1.82, 2.24) is 5.32 Å². The SMILES string of the molecule is C/C(=C\C(C)NC(=O)O)CS. The van der Waals surface area contributed by atoms with Gasteiger partial charge in [0.2, 0.25) is 0 Å². The highest BCUT2D eigenvalue weighted by atomic mass is 32.1. The summed E-state index contributed by atoms with van der Waals surface area (Å²) >= 11 is 4.04. The molecule has 0 aromatic rings. The molecule has 0 spiro atoms. The topological polar surface area (TPSA) is 49.3 Å². The number of carbonyl (C=O) groups is 1. The van der Waals surface area contributed by atoms with Crippen LogP contribution >= 0.6 is 12.6 Å². The lowest BCUT2D eigenvalue weighted by Gasteiger charge is -2.06. The lowest BCUT2D eigenvalue weighted by atomic mass is 10.2. The van der Waals surface area contributed by atoms with Crippen molar-refractivity contribution in [1.29, 1.82) is 0 Å². The number of thiol groups is 1. The van der Waals surface area contributed by atoms with Crippen molar-refractivity contribution in [2.24, 2.45) is 0 Å². The Morgan fingerprint density at radius 2 is 2.36 bits per heavy atom. The Bertz CT molecular complexity index is 168. The summed E-state index contributed by atoms with van der Waals surface area (Å²) in [7, 11) is 0. The molecule has 0 aromatic heterocycles. The van der Waals surface area contributed by atoms with E-state index < -0.39 is 6.09 Å². The predicted octanol–water partition coefficient (Wildman–Crippen LogP) is 1.52. The molecular weight excluding hydrogens is 162 g/mol. The number of amides is 1. The molecule has 0 aliphatic carbocycles. The van der Waals surface area contributed by atoms with E-state index in [1.165, 1.54) is 0 Å². The predicted molar refractivity (Wildman–Crippen MR) is 48.2 cm³/mol. The Morgan fingerprint density at radius 1 is 1.82 bits per heavy atom. The molecule has 0 heterocycles. The second-order valence-corrected chi connectivity index (χ2v) is 2.73. The maximum Gasteiger partial charge on any atom is 0.405 e. The van der Waals surface area contributed by atoms with Crippen molar-refractivity contribution in [2.45, 2.75) is 19.9 Å². The Morgan fingerprint density at radius 3 is 2.73 bits per heavy atom. The summed E-state index contributed by atoms with van der Waals surface area (Å²) in [5.74, 6) is 0.658. The van der Waals surface area contributed by atoms with Gasteiger partial charge in [-0.3, -0.25) is 0 Å². The average Bonchev–Trinajstić information content (AvgIpc) is 1.85. The van der Waals surface area contributed by atoms with Crippen LogP contribution in [0.5, 0.6) is 0 Å². The monoisotopic (exact) mass is 175 g/mol. The molecule has 1 unspecified atom stereocenters. The van der Waals surface area contributed by atoms with E-state index in [1.54, 1.807) is 6.92 Å². The highest BCUT2D eigenvalue weighted by molar-refractivity contribution is 7.80. The maximum absolute atomic E-state index is 10.1. The molecule has 1 atom stereocenters. The number of carboxylic acid groups (broad SMARTS) is 1. The molecule has 1 amide bonds. The number of rotatable bonds is 3.